The summed E-state index contributed by atoms with van der Waals surface area (Å²) in [5, 5.41) is 6.29. The second-order valence-electron chi connectivity index (χ2n) is 0.354. The molecule has 0 aliphatic rings. The third-order valence-electron chi connectivity index (χ3n) is 0.118. The van der Waals surface area contributed by atoms with E-state index in [1.165, 1.54) is 17.3 Å². The van der Waals surface area contributed by atoms with Crippen molar-refractivity contribution in [3.05, 3.63) is 0 Å². The number of hydrogen-bond donors (Lipinski definition) is 1. The van der Waals surface area contributed by atoms with Crippen molar-refractivity contribution >= 4 is 17.3 Å². The van der Waals surface area contributed by atoms with Crippen molar-refractivity contribution in [3.63, 3.8) is 0 Å². The Balaban J connectivity index is 0. The van der Waals surface area contributed by atoms with E-state index >= 15 is 0 Å². The van der Waals surface area contributed by atoms with E-state index in [1.807, 2.05) is 6.26 Å². The molecule has 1 nitrogen and oxygen atoms in total. The van der Waals surface area contributed by atoms with E-state index in [9.17, 15) is 0 Å². The first-order chi connectivity index (χ1) is 1.91. The average Bonchev–Trinajstić information content (AvgIpc) is 1.37. The Morgan fingerprint density at radius 3 is 2.00 bits per heavy atom. The zero-order chi connectivity index (χ0) is 3.41. The van der Waals surface area contributed by atoms with Crippen molar-refractivity contribution in [2.75, 3.05) is 6.26 Å². The predicted molar refractivity (Wildman–Crippen MR) is 22.3 cm³/mol. The molecule has 1 radical (unpaired) electrons. The van der Waals surface area contributed by atoms with Crippen LogP contribution in [-0.4, -0.2) is 11.8 Å². The maximum absolute atomic E-state index is 6.29. The Morgan fingerprint density at radius 2 is 2.00 bits per heavy atom. The van der Waals surface area contributed by atoms with Gasteiger partial charge in [0, 0.05) is 18.6 Å². The molecule has 0 amide bonds. The van der Waals surface area contributed by atoms with Crippen molar-refractivity contribution in [1.29, 1.82) is 5.41 Å². The van der Waals surface area contributed by atoms with Crippen LogP contribution in [0.15, 0.2) is 0 Å². The summed E-state index contributed by atoms with van der Waals surface area (Å²) in [7, 11) is 0. The van der Waals surface area contributed by atoms with Crippen LogP contribution in [0.3, 0.4) is 0 Å². The van der Waals surface area contributed by atoms with Gasteiger partial charge in [-0.2, -0.15) is 0 Å². The molecule has 0 heterocycles. The number of nitrogens with one attached hydrogen (secondary N) is 1. The maximum Gasteiger partial charge on any atom is 0.0503 e. The molecule has 0 rings (SSSR count). The van der Waals surface area contributed by atoms with E-state index in [-0.39, 0.29) is 18.6 Å². The fourth-order valence-corrected chi connectivity index (χ4v) is 0. The molecule has 5 heavy (non-hydrogen) atoms. The van der Waals surface area contributed by atoms with E-state index in [2.05, 4.69) is 0 Å². The van der Waals surface area contributed by atoms with E-state index in [4.69, 9.17) is 5.41 Å². The summed E-state index contributed by atoms with van der Waals surface area (Å²) in [6.07, 6.45) is 1.85. The summed E-state index contributed by atoms with van der Waals surface area (Å²) < 4.78 is 0. The molecule has 0 saturated heterocycles. The molecule has 0 atom stereocenters. The van der Waals surface area contributed by atoms with Gasteiger partial charge in [-0.15, -0.1) is 11.8 Å². The summed E-state index contributed by atoms with van der Waals surface area (Å²) in [4.78, 5) is 0. The largest absolute Gasteiger partial charge is 0.302 e. The normalized spacial score (nSPS) is 5.00. The van der Waals surface area contributed by atoms with Crippen LogP contribution in [0.2, 0.25) is 0 Å². The molecule has 0 unspecified atom stereocenters. The summed E-state index contributed by atoms with van der Waals surface area (Å²) in [6.45, 7) is 0. The Labute approximate surface area is 47.9 Å². The average molecular weight is 126 g/mol. The molecule has 0 aliphatic carbocycles. The van der Waals surface area contributed by atoms with Crippen molar-refractivity contribution in [1.82, 2.24) is 0 Å². The van der Waals surface area contributed by atoms with Gasteiger partial charge in [-0.05, 0) is 6.26 Å². The zero-order valence-electron chi connectivity index (χ0n) is 2.93. The smallest absolute Gasteiger partial charge is 0.0503 e. The van der Waals surface area contributed by atoms with Crippen molar-refractivity contribution in [2.24, 2.45) is 0 Å². The van der Waals surface area contributed by atoms with E-state index in [0.29, 0.717) is 0 Å². The van der Waals surface area contributed by atoms with Crippen LogP contribution in [0.5, 0.6) is 0 Å². The van der Waals surface area contributed by atoms with Gasteiger partial charge in [-0.1, -0.05) is 0 Å². The molecule has 0 fully saturated rings. The van der Waals surface area contributed by atoms with E-state index in [1.54, 1.807) is 0 Å². The Kier molecular flexibility index (Phi) is 16.1. The summed E-state index contributed by atoms with van der Waals surface area (Å²) in [5.74, 6) is 0. The molecular weight excluding hydrogens is 121 g/mol. The molecule has 29 valence electrons. The third-order valence-corrected chi connectivity index (χ3v) is 0.354. The Hall–Kier alpha value is 0.604. The SMILES string of the molecule is CSC=N.[V]. The first-order valence-corrected chi connectivity index (χ1v) is 2.22. The molecule has 0 aromatic carbocycles. The molecule has 3 heteroatoms. The molecular formula is C2H5NSV. The molecule has 1 N–H and O–H groups in total. The standard InChI is InChI=1S/C2H5NS.V/c1-4-2-3;/h2-3H,1H3;. The molecule has 0 spiro atoms. The van der Waals surface area contributed by atoms with Gasteiger partial charge in [0.25, 0.3) is 0 Å². The minimum absolute atomic E-state index is 0. The molecule has 0 aromatic rings. The van der Waals surface area contributed by atoms with Gasteiger partial charge >= 0.3 is 0 Å². The monoisotopic (exact) mass is 126 g/mol. The Bertz CT molecular complexity index is 23.6. The molecule has 0 aromatic heterocycles. The third kappa shape index (κ3) is 12.1. The van der Waals surface area contributed by atoms with E-state index in [0.717, 1.165) is 0 Å². The number of hydrogen-bond acceptors (Lipinski definition) is 2. The van der Waals surface area contributed by atoms with Crippen LogP contribution < -0.4 is 0 Å². The predicted octanol–water partition coefficient (Wildman–Crippen LogP) is 0.954. The fourth-order valence-electron chi connectivity index (χ4n) is 0. The van der Waals surface area contributed by atoms with Crippen LogP contribution in [-0.2, 0) is 18.6 Å². The van der Waals surface area contributed by atoms with Crippen molar-refractivity contribution in [2.45, 2.75) is 0 Å². The van der Waals surface area contributed by atoms with Gasteiger partial charge in [0.1, 0.15) is 0 Å². The quantitative estimate of drug-likeness (QED) is 0.410. The van der Waals surface area contributed by atoms with Gasteiger partial charge in [0.15, 0.2) is 0 Å². The van der Waals surface area contributed by atoms with Gasteiger partial charge < -0.3 is 5.41 Å². The van der Waals surface area contributed by atoms with Gasteiger partial charge in [-0.3, -0.25) is 0 Å². The zero-order valence-corrected chi connectivity index (χ0v) is 5.15. The molecule has 0 saturated carbocycles. The topological polar surface area (TPSA) is 23.9 Å². The van der Waals surface area contributed by atoms with Crippen LogP contribution in [0, 0.1) is 5.41 Å². The number of thioether (sulfide) groups is 1. The van der Waals surface area contributed by atoms with Crippen LogP contribution in [0.25, 0.3) is 0 Å². The fraction of sp³-hybridized carbons (Fsp3) is 0.500. The van der Waals surface area contributed by atoms with Gasteiger partial charge in [0.05, 0.1) is 5.55 Å². The van der Waals surface area contributed by atoms with Crippen LogP contribution >= 0.6 is 11.8 Å². The van der Waals surface area contributed by atoms with Crippen LogP contribution in [0.4, 0.5) is 0 Å². The second kappa shape index (κ2) is 8.82. The second-order valence-corrected chi connectivity index (χ2v) is 1.06. The number of rotatable bonds is 1. The van der Waals surface area contributed by atoms with Crippen LogP contribution in [0.1, 0.15) is 0 Å². The minimum Gasteiger partial charge on any atom is -0.302 e. The maximum atomic E-state index is 6.29. The van der Waals surface area contributed by atoms with Crippen molar-refractivity contribution < 1.29 is 18.6 Å². The van der Waals surface area contributed by atoms with Gasteiger partial charge in [0.2, 0.25) is 0 Å². The summed E-state index contributed by atoms with van der Waals surface area (Å²) in [5.41, 5.74) is 1.29. The first kappa shape index (κ1) is 9.15. The Morgan fingerprint density at radius 1 is 1.80 bits per heavy atom. The van der Waals surface area contributed by atoms with E-state index < -0.39 is 0 Å². The first-order valence-electron chi connectivity index (χ1n) is 0.933. The summed E-state index contributed by atoms with van der Waals surface area (Å²) >= 11 is 1.40. The minimum atomic E-state index is 0. The van der Waals surface area contributed by atoms with Crippen molar-refractivity contribution in [3.8, 4) is 0 Å². The molecule has 0 bridgehead atoms. The van der Waals surface area contributed by atoms with Gasteiger partial charge in [-0.25, -0.2) is 0 Å². The molecule has 0 aliphatic heterocycles. The summed E-state index contributed by atoms with van der Waals surface area (Å²) in [6, 6.07) is 0.